The van der Waals surface area contributed by atoms with E-state index in [1.54, 1.807) is 23.7 Å². The quantitative estimate of drug-likeness (QED) is 0.369. The Morgan fingerprint density at radius 1 is 1.17 bits per heavy atom. The molecule has 3 aromatic heterocycles. The second kappa shape index (κ2) is 8.81. The zero-order valence-corrected chi connectivity index (χ0v) is 18.0. The van der Waals surface area contributed by atoms with Crippen molar-refractivity contribution in [3.05, 3.63) is 48.4 Å². The lowest BCUT2D eigenvalue weighted by Crippen LogP contribution is -2.25. The van der Waals surface area contributed by atoms with Gasteiger partial charge in [0.1, 0.15) is 17.2 Å². The predicted octanol–water partition coefficient (Wildman–Crippen LogP) is 5.00. The molecule has 0 radical (unpaired) electrons. The molecular formula is C22H25N5O2S. The van der Waals surface area contributed by atoms with Gasteiger partial charge in [-0.15, -0.1) is 0 Å². The molecule has 4 aromatic rings. The predicted molar refractivity (Wildman–Crippen MR) is 120 cm³/mol. The van der Waals surface area contributed by atoms with E-state index in [2.05, 4.69) is 39.1 Å². The standard InChI is InChI=1S/C22H25N5O2S/c1-13(2)8-15(12-28)26-22-27-18-5-4-16(10-20(18)30-22)29-17-6-7-23-19(9-17)21-24-11-14(3)25-21/h4-7,9-11,13,15,28H,8,12H2,1-3H3,(H,24,25)(H,26,27). The third-order valence-corrected chi connectivity index (χ3v) is 5.53. The van der Waals surface area contributed by atoms with E-state index >= 15 is 0 Å². The largest absolute Gasteiger partial charge is 0.457 e. The molecule has 1 aromatic carbocycles. The fraction of sp³-hybridized carbons (Fsp3) is 0.318. The maximum Gasteiger partial charge on any atom is 0.184 e. The number of benzene rings is 1. The van der Waals surface area contributed by atoms with Gasteiger partial charge in [0.15, 0.2) is 11.0 Å². The van der Waals surface area contributed by atoms with Crippen molar-refractivity contribution in [1.82, 2.24) is 19.9 Å². The molecule has 7 nitrogen and oxygen atoms in total. The average molecular weight is 424 g/mol. The maximum absolute atomic E-state index is 9.61. The number of nitrogens with zero attached hydrogens (tertiary/aromatic N) is 3. The third kappa shape index (κ3) is 4.77. The number of H-pyrrole nitrogens is 1. The van der Waals surface area contributed by atoms with Gasteiger partial charge in [-0.25, -0.2) is 9.97 Å². The second-order valence-corrected chi connectivity index (χ2v) is 8.73. The van der Waals surface area contributed by atoms with Crippen molar-refractivity contribution >= 4 is 26.7 Å². The van der Waals surface area contributed by atoms with Gasteiger partial charge < -0.3 is 20.1 Å². The highest BCUT2D eigenvalue weighted by atomic mass is 32.1. The van der Waals surface area contributed by atoms with Crippen LogP contribution in [0.5, 0.6) is 11.5 Å². The van der Waals surface area contributed by atoms with Crippen molar-refractivity contribution in [3.8, 4) is 23.0 Å². The monoisotopic (exact) mass is 423 g/mol. The SMILES string of the molecule is Cc1cnc(-c2cc(Oc3ccc4nc(NC(CO)CC(C)C)sc4c3)ccn2)[nH]1. The van der Waals surface area contributed by atoms with E-state index in [0.29, 0.717) is 17.5 Å². The van der Waals surface area contributed by atoms with Crippen molar-refractivity contribution in [1.29, 1.82) is 0 Å². The normalized spacial score (nSPS) is 12.4. The molecule has 0 aliphatic carbocycles. The summed E-state index contributed by atoms with van der Waals surface area (Å²) >= 11 is 1.55. The van der Waals surface area contributed by atoms with E-state index in [9.17, 15) is 5.11 Å². The second-order valence-electron chi connectivity index (χ2n) is 7.70. The highest BCUT2D eigenvalue weighted by Gasteiger charge is 2.13. The number of hydrogen-bond donors (Lipinski definition) is 3. The summed E-state index contributed by atoms with van der Waals surface area (Å²) in [5.74, 6) is 2.63. The first-order valence-electron chi connectivity index (χ1n) is 9.94. The molecule has 3 heterocycles. The minimum Gasteiger partial charge on any atom is -0.457 e. The van der Waals surface area contributed by atoms with Crippen LogP contribution in [0.2, 0.25) is 0 Å². The van der Waals surface area contributed by atoms with Gasteiger partial charge in [-0.3, -0.25) is 4.98 Å². The molecule has 1 unspecified atom stereocenters. The molecule has 0 aliphatic rings. The van der Waals surface area contributed by atoms with Crippen molar-refractivity contribution in [2.75, 3.05) is 11.9 Å². The van der Waals surface area contributed by atoms with Crippen molar-refractivity contribution < 1.29 is 9.84 Å². The lowest BCUT2D eigenvalue weighted by molar-refractivity contribution is 0.259. The number of aliphatic hydroxyl groups excluding tert-OH is 1. The molecule has 3 N–H and O–H groups in total. The molecule has 0 bridgehead atoms. The Hall–Kier alpha value is -2.97. The van der Waals surface area contributed by atoms with Crippen LogP contribution in [0.4, 0.5) is 5.13 Å². The third-order valence-electron chi connectivity index (χ3n) is 4.58. The molecule has 0 amide bonds. The Kier molecular flexibility index (Phi) is 5.96. The average Bonchev–Trinajstić information content (AvgIpc) is 3.32. The summed E-state index contributed by atoms with van der Waals surface area (Å²) in [4.78, 5) is 16.5. The Morgan fingerprint density at radius 2 is 2.00 bits per heavy atom. The summed E-state index contributed by atoms with van der Waals surface area (Å²) in [6, 6.07) is 9.51. The van der Waals surface area contributed by atoms with Crippen LogP contribution in [-0.4, -0.2) is 37.7 Å². The van der Waals surface area contributed by atoms with Crippen LogP contribution in [0.3, 0.4) is 0 Å². The molecule has 0 aliphatic heterocycles. The zero-order valence-electron chi connectivity index (χ0n) is 17.2. The number of anilines is 1. The summed E-state index contributed by atoms with van der Waals surface area (Å²) in [5.41, 5.74) is 2.61. The Balaban J connectivity index is 1.51. The number of hydrogen-bond acceptors (Lipinski definition) is 7. The van der Waals surface area contributed by atoms with E-state index in [-0.39, 0.29) is 12.6 Å². The zero-order chi connectivity index (χ0) is 21.1. The molecule has 0 saturated heterocycles. The lowest BCUT2D eigenvalue weighted by Gasteiger charge is -2.17. The minimum absolute atomic E-state index is 0.00163. The maximum atomic E-state index is 9.61. The van der Waals surface area contributed by atoms with Crippen LogP contribution in [0.15, 0.2) is 42.7 Å². The summed E-state index contributed by atoms with van der Waals surface area (Å²) in [6.45, 7) is 6.33. The lowest BCUT2D eigenvalue weighted by atomic mass is 10.0. The Labute approximate surface area is 179 Å². The van der Waals surface area contributed by atoms with Gasteiger partial charge >= 0.3 is 0 Å². The first kappa shape index (κ1) is 20.3. The summed E-state index contributed by atoms with van der Waals surface area (Å²) < 4.78 is 7.08. The van der Waals surface area contributed by atoms with Gasteiger partial charge in [0, 0.05) is 30.2 Å². The summed E-state index contributed by atoms with van der Waals surface area (Å²) in [5, 5.41) is 13.8. The fourth-order valence-corrected chi connectivity index (χ4v) is 4.21. The van der Waals surface area contributed by atoms with Crippen molar-refractivity contribution in [3.63, 3.8) is 0 Å². The number of rotatable bonds is 8. The molecule has 1 atom stereocenters. The number of ether oxygens (including phenoxy) is 1. The molecular weight excluding hydrogens is 398 g/mol. The summed E-state index contributed by atoms with van der Waals surface area (Å²) in [6.07, 6.45) is 4.37. The first-order chi connectivity index (χ1) is 14.5. The number of aromatic nitrogens is 4. The van der Waals surface area contributed by atoms with Crippen LogP contribution in [-0.2, 0) is 0 Å². The van der Waals surface area contributed by atoms with Crippen LogP contribution >= 0.6 is 11.3 Å². The molecule has 0 fully saturated rings. The van der Waals surface area contributed by atoms with E-state index in [4.69, 9.17) is 4.74 Å². The van der Waals surface area contributed by atoms with E-state index in [1.165, 1.54) is 0 Å². The smallest absolute Gasteiger partial charge is 0.184 e. The van der Waals surface area contributed by atoms with Gasteiger partial charge in [0.05, 0.1) is 22.9 Å². The number of imidazole rings is 1. The van der Waals surface area contributed by atoms with Crippen LogP contribution < -0.4 is 10.1 Å². The number of pyridine rings is 1. The van der Waals surface area contributed by atoms with E-state index < -0.39 is 0 Å². The van der Waals surface area contributed by atoms with E-state index in [0.717, 1.165) is 38.9 Å². The van der Waals surface area contributed by atoms with Gasteiger partial charge in [0.25, 0.3) is 0 Å². The molecule has 8 heteroatoms. The van der Waals surface area contributed by atoms with Gasteiger partial charge in [-0.05, 0) is 37.5 Å². The Morgan fingerprint density at radius 3 is 2.73 bits per heavy atom. The van der Waals surface area contributed by atoms with Crippen LogP contribution in [0.1, 0.15) is 26.0 Å². The topological polar surface area (TPSA) is 96.0 Å². The van der Waals surface area contributed by atoms with Gasteiger partial charge in [-0.1, -0.05) is 25.2 Å². The Bertz CT molecular complexity index is 1140. The minimum atomic E-state index is 0.00163. The number of aryl methyl sites for hydroxylation is 1. The summed E-state index contributed by atoms with van der Waals surface area (Å²) in [7, 11) is 0. The number of nitrogens with one attached hydrogen (secondary N) is 2. The molecule has 0 spiro atoms. The highest BCUT2D eigenvalue weighted by Crippen LogP contribution is 2.32. The van der Waals surface area contributed by atoms with Gasteiger partial charge in [-0.2, -0.15) is 0 Å². The molecule has 0 saturated carbocycles. The fourth-order valence-electron chi connectivity index (χ4n) is 3.24. The van der Waals surface area contributed by atoms with Crippen molar-refractivity contribution in [2.45, 2.75) is 33.2 Å². The van der Waals surface area contributed by atoms with Crippen molar-refractivity contribution in [2.24, 2.45) is 5.92 Å². The number of thiazole rings is 1. The van der Waals surface area contributed by atoms with Crippen LogP contribution in [0, 0.1) is 12.8 Å². The molecule has 30 heavy (non-hydrogen) atoms. The molecule has 156 valence electrons. The number of aliphatic hydroxyl groups is 1. The number of fused-ring (bicyclic) bond motifs is 1. The van der Waals surface area contributed by atoms with Gasteiger partial charge in [0.2, 0.25) is 0 Å². The number of aromatic amines is 1. The van der Waals surface area contributed by atoms with Crippen LogP contribution in [0.25, 0.3) is 21.7 Å². The first-order valence-corrected chi connectivity index (χ1v) is 10.8. The van der Waals surface area contributed by atoms with E-state index in [1.807, 2.05) is 37.3 Å². The highest BCUT2D eigenvalue weighted by molar-refractivity contribution is 7.22. The molecule has 4 rings (SSSR count).